The molecule has 130 valence electrons. The van der Waals surface area contributed by atoms with Crippen LogP contribution in [-0.2, 0) is 9.59 Å². The van der Waals surface area contributed by atoms with Gasteiger partial charge in [-0.2, -0.15) is 0 Å². The fourth-order valence-electron chi connectivity index (χ4n) is 2.26. The van der Waals surface area contributed by atoms with Crippen molar-refractivity contribution >= 4 is 35.2 Å². The first-order chi connectivity index (χ1) is 11.8. The first-order valence-electron chi connectivity index (χ1n) is 7.91. The summed E-state index contributed by atoms with van der Waals surface area (Å²) in [7, 11) is 1.59. The van der Waals surface area contributed by atoms with Crippen LogP contribution < -0.4 is 5.32 Å². The Kier molecular flexibility index (Phi) is 6.37. The molecule has 0 aromatic heterocycles. The maximum absolute atomic E-state index is 12.2. The molecule has 0 aliphatic carbocycles. The van der Waals surface area contributed by atoms with E-state index in [9.17, 15) is 9.59 Å². The molecule has 0 bridgehead atoms. The molecule has 2 rings (SSSR count). The van der Waals surface area contributed by atoms with Gasteiger partial charge in [0.2, 0.25) is 11.8 Å². The normalized spacial score (nSPS) is 10.7. The highest BCUT2D eigenvalue weighted by molar-refractivity contribution is 6.30. The highest BCUT2D eigenvalue weighted by atomic mass is 35.5. The highest BCUT2D eigenvalue weighted by Crippen LogP contribution is 2.16. The lowest BCUT2D eigenvalue weighted by molar-refractivity contribution is -0.129. The number of likely N-dealkylation sites (N-methyl/N-ethyl adjacent to an activating group) is 1. The Morgan fingerprint density at radius 3 is 2.64 bits per heavy atom. The molecule has 2 aromatic rings. The fraction of sp³-hybridized carbons (Fsp3) is 0.200. The SMILES string of the molecule is Cc1ccc(C)c(NC(=O)CN(C)C(=O)/C=C/c2cccc(Cl)c2)c1. The van der Waals surface area contributed by atoms with E-state index in [4.69, 9.17) is 11.6 Å². The molecule has 1 N–H and O–H groups in total. The number of carbonyl (C=O) groups is 2. The third-order valence-electron chi connectivity index (χ3n) is 3.69. The summed E-state index contributed by atoms with van der Waals surface area (Å²) in [6, 6.07) is 13.0. The minimum absolute atomic E-state index is 0.0217. The maximum Gasteiger partial charge on any atom is 0.246 e. The Morgan fingerprint density at radius 2 is 1.92 bits per heavy atom. The van der Waals surface area contributed by atoms with Crippen molar-refractivity contribution < 1.29 is 9.59 Å². The molecule has 0 aliphatic rings. The molecule has 0 atom stereocenters. The number of anilines is 1. The average Bonchev–Trinajstić information content (AvgIpc) is 2.56. The zero-order valence-corrected chi connectivity index (χ0v) is 15.3. The summed E-state index contributed by atoms with van der Waals surface area (Å²) in [4.78, 5) is 25.7. The lowest BCUT2D eigenvalue weighted by atomic mass is 10.1. The van der Waals surface area contributed by atoms with Crippen LogP contribution in [0.1, 0.15) is 16.7 Å². The van der Waals surface area contributed by atoms with Crippen molar-refractivity contribution in [2.24, 2.45) is 0 Å². The van der Waals surface area contributed by atoms with Gasteiger partial charge in [0, 0.05) is 23.8 Å². The van der Waals surface area contributed by atoms with E-state index < -0.39 is 0 Å². The Hall–Kier alpha value is -2.59. The van der Waals surface area contributed by atoms with E-state index in [0.717, 1.165) is 22.4 Å². The number of hydrogen-bond acceptors (Lipinski definition) is 2. The summed E-state index contributed by atoms with van der Waals surface area (Å²) in [5.41, 5.74) is 3.64. The van der Waals surface area contributed by atoms with Crippen molar-refractivity contribution in [3.8, 4) is 0 Å². The summed E-state index contributed by atoms with van der Waals surface area (Å²) in [5.74, 6) is -0.489. The number of carbonyl (C=O) groups excluding carboxylic acids is 2. The molecule has 0 fully saturated rings. The molecule has 0 radical (unpaired) electrons. The summed E-state index contributed by atoms with van der Waals surface area (Å²) < 4.78 is 0. The van der Waals surface area contributed by atoms with Crippen molar-refractivity contribution in [2.75, 3.05) is 18.9 Å². The van der Waals surface area contributed by atoms with Crippen molar-refractivity contribution in [1.82, 2.24) is 4.90 Å². The van der Waals surface area contributed by atoms with E-state index in [1.165, 1.54) is 11.0 Å². The quantitative estimate of drug-likeness (QED) is 0.821. The number of hydrogen-bond donors (Lipinski definition) is 1. The molecule has 4 nitrogen and oxygen atoms in total. The van der Waals surface area contributed by atoms with Gasteiger partial charge in [-0.15, -0.1) is 0 Å². The molecule has 2 aromatic carbocycles. The second-order valence-corrected chi connectivity index (χ2v) is 6.39. The number of amides is 2. The average molecular weight is 357 g/mol. The van der Waals surface area contributed by atoms with Gasteiger partial charge in [-0.1, -0.05) is 35.9 Å². The predicted octanol–water partition coefficient (Wildman–Crippen LogP) is 4.07. The summed E-state index contributed by atoms with van der Waals surface area (Å²) in [6.07, 6.45) is 3.10. The number of halogens is 1. The van der Waals surface area contributed by atoms with Crippen LogP contribution in [0.4, 0.5) is 5.69 Å². The standard InChI is InChI=1S/C20H21ClN2O2/c1-14-7-8-15(2)18(11-14)22-19(24)13-23(3)20(25)10-9-16-5-4-6-17(21)12-16/h4-12H,13H2,1-3H3,(H,22,24)/b10-9+. The molecule has 25 heavy (non-hydrogen) atoms. The lowest BCUT2D eigenvalue weighted by Gasteiger charge is -2.16. The number of rotatable bonds is 5. The van der Waals surface area contributed by atoms with E-state index in [-0.39, 0.29) is 18.4 Å². The Balaban J connectivity index is 1.94. The summed E-state index contributed by atoms with van der Waals surface area (Å²) in [6.45, 7) is 3.87. The van der Waals surface area contributed by atoms with Gasteiger partial charge in [-0.25, -0.2) is 0 Å². The van der Waals surface area contributed by atoms with Crippen molar-refractivity contribution in [1.29, 1.82) is 0 Å². The second kappa shape index (κ2) is 8.49. The first-order valence-corrected chi connectivity index (χ1v) is 8.29. The van der Waals surface area contributed by atoms with E-state index in [1.54, 1.807) is 25.3 Å². The lowest BCUT2D eigenvalue weighted by Crippen LogP contribution is -2.34. The van der Waals surface area contributed by atoms with Crippen LogP contribution in [0.3, 0.4) is 0 Å². The van der Waals surface area contributed by atoms with Crippen LogP contribution in [0.25, 0.3) is 6.08 Å². The van der Waals surface area contributed by atoms with Gasteiger partial charge < -0.3 is 10.2 Å². The number of aryl methyl sites for hydroxylation is 2. The molecule has 2 amide bonds. The zero-order valence-electron chi connectivity index (χ0n) is 14.5. The topological polar surface area (TPSA) is 49.4 Å². The van der Waals surface area contributed by atoms with Gasteiger partial charge in [-0.3, -0.25) is 9.59 Å². The third kappa shape index (κ3) is 5.76. The van der Waals surface area contributed by atoms with Crippen LogP contribution in [-0.4, -0.2) is 30.3 Å². The van der Waals surface area contributed by atoms with E-state index >= 15 is 0 Å². The highest BCUT2D eigenvalue weighted by Gasteiger charge is 2.11. The second-order valence-electron chi connectivity index (χ2n) is 5.95. The fourth-order valence-corrected chi connectivity index (χ4v) is 2.46. The van der Waals surface area contributed by atoms with Gasteiger partial charge in [0.05, 0.1) is 6.54 Å². The molecule has 0 aliphatic heterocycles. The van der Waals surface area contributed by atoms with E-state index in [0.29, 0.717) is 5.02 Å². The molecule has 0 spiro atoms. The molecule has 0 unspecified atom stereocenters. The van der Waals surface area contributed by atoms with Crippen LogP contribution in [0, 0.1) is 13.8 Å². The van der Waals surface area contributed by atoms with Crippen LogP contribution in [0.2, 0.25) is 5.02 Å². The van der Waals surface area contributed by atoms with Crippen molar-refractivity contribution in [3.63, 3.8) is 0 Å². The van der Waals surface area contributed by atoms with Gasteiger partial charge in [0.1, 0.15) is 0 Å². The number of benzene rings is 2. The van der Waals surface area contributed by atoms with Gasteiger partial charge >= 0.3 is 0 Å². The molecule has 0 saturated heterocycles. The van der Waals surface area contributed by atoms with Crippen LogP contribution >= 0.6 is 11.6 Å². The maximum atomic E-state index is 12.2. The van der Waals surface area contributed by atoms with Gasteiger partial charge in [0.15, 0.2) is 0 Å². The predicted molar refractivity (Wildman–Crippen MR) is 103 cm³/mol. The van der Waals surface area contributed by atoms with Gasteiger partial charge in [0.25, 0.3) is 0 Å². The first kappa shape index (κ1) is 18.7. The zero-order chi connectivity index (χ0) is 18.4. The molecule has 5 heteroatoms. The molecular weight excluding hydrogens is 336 g/mol. The van der Waals surface area contributed by atoms with Crippen molar-refractivity contribution in [3.05, 3.63) is 70.3 Å². The van der Waals surface area contributed by atoms with Crippen LogP contribution in [0.15, 0.2) is 48.5 Å². The molecular formula is C20H21ClN2O2. The smallest absolute Gasteiger partial charge is 0.246 e. The molecule has 0 heterocycles. The Morgan fingerprint density at radius 1 is 1.16 bits per heavy atom. The van der Waals surface area contributed by atoms with Crippen molar-refractivity contribution in [2.45, 2.75) is 13.8 Å². The largest absolute Gasteiger partial charge is 0.333 e. The number of nitrogens with one attached hydrogen (secondary N) is 1. The monoisotopic (exact) mass is 356 g/mol. The van der Waals surface area contributed by atoms with E-state index in [2.05, 4.69) is 5.32 Å². The minimum atomic E-state index is -0.254. The third-order valence-corrected chi connectivity index (χ3v) is 3.93. The van der Waals surface area contributed by atoms with Gasteiger partial charge in [-0.05, 0) is 54.8 Å². The van der Waals surface area contributed by atoms with Crippen LogP contribution in [0.5, 0.6) is 0 Å². The number of nitrogens with zero attached hydrogens (tertiary/aromatic N) is 1. The minimum Gasteiger partial charge on any atom is -0.333 e. The Labute approximate surface area is 153 Å². The molecule has 0 saturated carbocycles. The Bertz CT molecular complexity index is 815. The summed E-state index contributed by atoms with van der Waals surface area (Å²) >= 11 is 5.91. The summed E-state index contributed by atoms with van der Waals surface area (Å²) in [5, 5.41) is 3.45. The van der Waals surface area contributed by atoms with E-state index in [1.807, 2.05) is 44.2 Å².